The van der Waals surface area contributed by atoms with Gasteiger partial charge in [0.25, 0.3) is 0 Å². The van der Waals surface area contributed by atoms with Gasteiger partial charge in [0.2, 0.25) is 5.91 Å². The molecule has 0 aliphatic heterocycles. The van der Waals surface area contributed by atoms with Crippen LogP contribution >= 0.6 is 11.3 Å². The zero-order valence-corrected chi connectivity index (χ0v) is 11.1. The largest absolute Gasteiger partial charge is 0.396 e. The second kappa shape index (κ2) is 6.91. The third-order valence-corrected chi connectivity index (χ3v) is 3.25. The highest BCUT2D eigenvalue weighted by Crippen LogP contribution is 2.20. The summed E-state index contributed by atoms with van der Waals surface area (Å²) in [6.45, 7) is 0.560. The van der Waals surface area contributed by atoms with Crippen molar-refractivity contribution in [3.05, 3.63) is 29.7 Å². The van der Waals surface area contributed by atoms with Gasteiger partial charge in [0, 0.05) is 30.9 Å². The Morgan fingerprint density at radius 2 is 2.32 bits per heavy atom. The van der Waals surface area contributed by atoms with Crippen LogP contribution in [0.2, 0.25) is 0 Å². The number of carbonyl (C=O) groups is 1. The smallest absolute Gasteiger partial charge is 0.226 e. The van der Waals surface area contributed by atoms with Gasteiger partial charge in [0.05, 0.1) is 18.3 Å². The molecule has 0 saturated heterocycles. The standard InChI is InChI=1S/C12H14N4O2S/c17-5-1-2-15-11(18)6-9-8-19-12(16-9)10-7-13-3-4-14-10/h3-4,7-8,17H,1-2,5-6H2,(H,15,18). The van der Waals surface area contributed by atoms with E-state index in [0.717, 1.165) is 5.01 Å². The summed E-state index contributed by atoms with van der Waals surface area (Å²) in [7, 11) is 0. The summed E-state index contributed by atoms with van der Waals surface area (Å²) in [5.74, 6) is -0.0931. The number of nitrogens with one attached hydrogen (secondary N) is 1. The minimum Gasteiger partial charge on any atom is -0.396 e. The molecule has 7 heteroatoms. The molecule has 0 aromatic carbocycles. The number of hydrogen-bond acceptors (Lipinski definition) is 6. The van der Waals surface area contributed by atoms with Crippen molar-refractivity contribution in [1.29, 1.82) is 0 Å². The zero-order valence-electron chi connectivity index (χ0n) is 10.2. The summed E-state index contributed by atoms with van der Waals surface area (Å²) in [5.41, 5.74) is 1.42. The number of rotatable bonds is 6. The first-order chi connectivity index (χ1) is 9.29. The van der Waals surface area contributed by atoms with Crippen LogP contribution in [0.3, 0.4) is 0 Å². The molecule has 0 bridgehead atoms. The van der Waals surface area contributed by atoms with E-state index in [1.54, 1.807) is 18.6 Å². The van der Waals surface area contributed by atoms with Crippen molar-refractivity contribution in [3.8, 4) is 10.7 Å². The Hall–Kier alpha value is -1.86. The molecule has 2 aromatic heterocycles. The van der Waals surface area contributed by atoms with Crippen LogP contribution < -0.4 is 5.32 Å². The Kier molecular flexibility index (Phi) is 4.93. The molecular weight excluding hydrogens is 264 g/mol. The lowest BCUT2D eigenvalue weighted by Crippen LogP contribution is -2.26. The van der Waals surface area contributed by atoms with E-state index in [1.807, 2.05) is 5.38 Å². The number of aliphatic hydroxyl groups is 1. The number of aliphatic hydroxyl groups excluding tert-OH is 1. The first kappa shape index (κ1) is 13.6. The van der Waals surface area contributed by atoms with Crippen molar-refractivity contribution in [2.75, 3.05) is 13.2 Å². The lowest BCUT2D eigenvalue weighted by Gasteiger charge is -2.01. The monoisotopic (exact) mass is 278 g/mol. The lowest BCUT2D eigenvalue weighted by atomic mass is 10.3. The van der Waals surface area contributed by atoms with E-state index in [2.05, 4.69) is 20.3 Å². The number of aromatic nitrogens is 3. The Bertz CT molecular complexity index is 530. The molecule has 6 nitrogen and oxygen atoms in total. The van der Waals surface area contributed by atoms with Gasteiger partial charge in [-0.1, -0.05) is 0 Å². The molecule has 2 N–H and O–H groups in total. The van der Waals surface area contributed by atoms with Gasteiger partial charge >= 0.3 is 0 Å². The summed E-state index contributed by atoms with van der Waals surface area (Å²) >= 11 is 1.44. The van der Waals surface area contributed by atoms with Gasteiger partial charge in [-0.25, -0.2) is 4.98 Å². The molecule has 19 heavy (non-hydrogen) atoms. The lowest BCUT2D eigenvalue weighted by molar-refractivity contribution is -0.120. The van der Waals surface area contributed by atoms with Crippen molar-refractivity contribution >= 4 is 17.2 Å². The normalized spacial score (nSPS) is 10.4. The Labute approximate surface area is 114 Å². The van der Waals surface area contributed by atoms with Crippen LogP contribution in [0.25, 0.3) is 10.7 Å². The van der Waals surface area contributed by atoms with Crippen molar-refractivity contribution in [2.24, 2.45) is 0 Å². The van der Waals surface area contributed by atoms with E-state index in [4.69, 9.17) is 5.11 Å². The fourth-order valence-corrected chi connectivity index (χ4v) is 2.23. The first-order valence-corrected chi connectivity index (χ1v) is 6.76. The Morgan fingerprint density at radius 3 is 3.05 bits per heavy atom. The molecule has 0 atom stereocenters. The van der Waals surface area contributed by atoms with E-state index in [9.17, 15) is 4.79 Å². The summed E-state index contributed by atoms with van der Waals surface area (Å²) in [6.07, 6.45) is 5.66. The van der Waals surface area contributed by atoms with Gasteiger partial charge in [-0.2, -0.15) is 0 Å². The van der Waals surface area contributed by atoms with Crippen molar-refractivity contribution < 1.29 is 9.90 Å². The molecule has 0 aliphatic carbocycles. The quantitative estimate of drug-likeness (QED) is 0.757. The van der Waals surface area contributed by atoms with Crippen LogP contribution in [0.15, 0.2) is 24.0 Å². The molecule has 2 rings (SSSR count). The molecule has 0 unspecified atom stereocenters. The van der Waals surface area contributed by atoms with Crippen LogP contribution in [-0.4, -0.2) is 39.1 Å². The summed E-state index contributed by atoms with van der Waals surface area (Å²) in [5, 5.41) is 13.9. The summed E-state index contributed by atoms with van der Waals surface area (Å²) in [4.78, 5) is 24.1. The third kappa shape index (κ3) is 4.08. The molecule has 2 heterocycles. The highest BCUT2D eigenvalue weighted by atomic mass is 32.1. The van der Waals surface area contributed by atoms with E-state index < -0.39 is 0 Å². The van der Waals surface area contributed by atoms with Gasteiger partial charge < -0.3 is 10.4 Å². The molecule has 0 radical (unpaired) electrons. The number of amides is 1. The first-order valence-electron chi connectivity index (χ1n) is 5.88. The second-order valence-corrected chi connectivity index (χ2v) is 4.70. The number of hydrogen-bond donors (Lipinski definition) is 2. The topological polar surface area (TPSA) is 88.0 Å². The SMILES string of the molecule is O=C(Cc1csc(-c2cnccn2)n1)NCCCO. The fourth-order valence-electron chi connectivity index (χ4n) is 1.45. The maximum atomic E-state index is 11.6. The molecule has 2 aromatic rings. The van der Waals surface area contributed by atoms with Gasteiger partial charge in [0.15, 0.2) is 0 Å². The average Bonchev–Trinajstić information content (AvgIpc) is 2.88. The van der Waals surface area contributed by atoms with Gasteiger partial charge in [-0.05, 0) is 6.42 Å². The fraction of sp³-hybridized carbons (Fsp3) is 0.333. The minimum absolute atomic E-state index is 0.0772. The molecule has 0 saturated carbocycles. The second-order valence-electron chi connectivity index (χ2n) is 3.84. The van der Waals surface area contributed by atoms with E-state index in [0.29, 0.717) is 24.4 Å². The third-order valence-electron chi connectivity index (χ3n) is 2.33. The van der Waals surface area contributed by atoms with Gasteiger partial charge in [0.1, 0.15) is 10.7 Å². The average molecular weight is 278 g/mol. The number of thiazole rings is 1. The molecular formula is C12H14N4O2S. The highest BCUT2D eigenvalue weighted by Gasteiger charge is 2.09. The van der Waals surface area contributed by atoms with Crippen LogP contribution in [0.1, 0.15) is 12.1 Å². The number of carbonyl (C=O) groups excluding carboxylic acids is 1. The van der Waals surface area contributed by atoms with Crippen LogP contribution in [0, 0.1) is 0 Å². The zero-order chi connectivity index (χ0) is 13.5. The molecule has 0 aliphatic rings. The van der Waals surface area contributed by atoms with Gasteiger partial charge in [-0.3, -0.25) is 14.8 Å². The van der Waals surface area contributed by atoms with Crippen LogP contribution in [0.4, 0.5) is 0 Å². The van der Waals surface area contributed by atoms with E-state index in [-0.39, 0.29) is 18.9 Å². The number of nitrogens with zero attached hydrogens (tertiary/aromatic N) is 3. The molecule has 1 amide bonds. The Balaban J connectivity index is 1.93. The molecule has 0 fully saturated rings. The summed E-state index contributed by atoms with van der Waals surface area (Å²) in [6, 6.07) is 0. The van der Waals surface area contributed by atoms with E-state index in [1.165, 1.54) is 11.3 Å². The molecule has 100 valence electrons. The maximum Gasteiger partial charge on any atom is 0.226 e. The maximum absolute atomic E-state index is 11.6. The van der Waals surface area contributed by atoms with Crippen molar-refractivity contribution in [3.63, 3.8) is 0 Å². The van der Waals surface area contributed by atoms with Gasteiger partial charge in [-0.15, -0.1) is 11.3 Å². The highest BCUT2D eigenvalue weighted by molar-refractivity contribution is 7.13. The molecule has 0 spiro atoms. The van der Waals surface area contributed by atoms with E-state index >= 15 is 0 Å². The minimum atomic E-state index is -0.0931. The van der Waals surface area contributed by atoms with Crippen LogP contribution in [0.5, 0.6) is 0 Å². The Morgan fingerprint density at radius 1 is 1.42 bits per heavy atom. The van der Waals surface area contributed by atoms with Crippen LogP contribution in [-0.2, 0) is 11.2 Å². The van der Waals surface area contributed by atoms with Crippen molar-refractivity contribution in [1.82, 2.24) is 20.3 Å². The predicted octanol–water partition coefficient (Wildman–Crippen LogP) is 0.641. The predicted molar refractivity (Wildman–Crippen MR) is 71.6 cm³/mol. The summed E-state index contributed by atoms with van der Waals surface area (Å²) < 4.78 is 0. The van der Waals surface area contributed by atoms with Crippen molar-refractivity contribution in [2.45, 2.75) is 12.8 Å².